The Kier molecular flexibility index (Phi) is 3.61. The number of thioether (sulfide) groups is 1. The summed E-state index contributed by atoms with van der Waals surface area (Å²) in [4.78, 5) is 4.45. The molecule has 0 bridgehead atoms. The van der Waals surface area contributed by atoms with E-state index in [9.17, 15) is 0 Å². The lowest BCUT2D eigenvalue weighted by molar-refractivity contribution is 0.883. The van der Waals surface area contributed by atoms with Crippen LogP contribution in [0.3, 0.4) is 0 Å². The molecule has 4 nitrogen and oxygen atoms in total. The Bertz CT molecular complexity index is 660. The van der Waals surface area contributed by atoms with Crippen molar-refractivity contribution in [2.24, 2.45) is 0 Å². The van der Waals surface area contributed by atoms with Crippen LogP contribution in [0.1, 0.15) is 10.7 Å². The number of aryl methyl sites for hydroxylation is 1. The van der Waals surface area contributed by atoms with Crippen molar-refractivity contribution >= 4 is 23.1 Å². The summed E-state index contributed by atoms with van der Waals surface area (Å²) < 4.78 is 1.99. The van der Waals surface area contributed by atoms with Crippen LogP contribution in [0.2, 0.25) is 0 Å². The van der Waals surface area contributed by atoms with Gasteiger partial charge in [0.2, 0.25) is 0 Å². The van der Waals surface area contributed by atoms with Crippen molar-refractivity contribution in [2.45, 2.75) is 17.8 Å². The lowest BCUT2D eigenvalue weighted by atomic mass is 10.3. The zero-order chi connectivity index (χ0) is 13.1. The van der Waals surface area contributed by atoms with Crippen molar-refractivity contribution in [3.05, 3.63) is 52.7 Å². The predicted octanol–water partition coefficient (Wildman–Crippen LogP) is 3.32. The molecule has 96 valence electrons. The number of rotatable bonds is 4. The molecule has 0 N–H and O–H groups in total. The number of benzene rings is 1. The molecule has 0 saturated heterocycles. The fourth-order valence-corrected chi connectivity index (χ4v) is 3.24. The summed E-state index contributed by atoms with van der Waals surface area (Å²) in [6.07, 6.45) is 1.74. The van der Waals surface area contributed by atoms with Crippen LogP contribution in [-0.4, -0.2) is 19.7 Å². The number of para-hydroxylation sites is 1. The van der Waals surface area contributed by atoms with Crippen LogP contribution in [0.5, 0.6) is 0 Å². The Hall–Kier alpha value is -1.66. The highest BCUT2D eigenvalue weighted by Crippen LogP contribution is 2.23. The predicted molar refractivity (Wildman–Crippen MR) is 77.8 cm³/mol. The molecule has 3 aromatic rings. The molecule has 19 heavy (non-hydrogen) atoms. The largest absolute Gasteiger partial charge is 0.277 e. The van der Waals surface area contributed by atoms with Crippen molar-refractivity contribution in [3.63, 3.8) is 0 Å². The lowest BCUT2D eigenvalue weighted by Gasteiger charge is -2.04. The van der Waals surface area contributed by atoms with Crippen molar-refractivity contribution in [2.75, 3.05) is 0 Å². The molecular weight excluding hydrogens is 276 g/mol. The third kappa shape index (κ3) is 2.85. The van der Waals surface area contributed by atoms with Gasteiger partial charge in [-0.15, -0.1) is 21.5 Å². The van der Waals surface area contributed by atoms with Gasteiger partial charge in [0.1, 0.15) is 6.33 Å². The normalized spacial score (nSPS) is 10.8. The first-order valence-corrected chi connectivity index (χ1v) is 7.69. The molecule has 2 heterocycles. The van der Waals surface area contributed by atoms with Gasteiger partial charge in [0.05, 0.1) is 10.7 Å². The highest BCUT2D eigenvalue weighted by Gasteiger charge is 2.08. The van der Waals surface area contributed by atoms with Crippen molar-refractivity contribution < 1.29 is 0 Å². The fourth-order valence-electron chi connectivity index (χ4n) is 1.70. The molecule has 2 aromatic heterocycles. The third-order valence-electron chi connectivity index (χ3n) is 2.57. The van der Waals surface area contributed by atoms with E-state index < -0.39 is 0 Å². The van der Waals surface area contributed by atoms with Crippen molar-refractivity contribution in [1.82, 2.24) is 19.7 Å². The molecule has 0 aliphatic rings. The molecule has 0 fully saturated rings. The number of thiazole rings is 1. The minimum atomic E-state index is 0.815. The summed E-state index contributed by atoms with van der Waals surface area (Å²) >= 11 is 3.32. The SMILES string of the molecule is Cc1nc(CSc2nncn2-c2ccccc2)cs1. The van der Waals surface area contributed by atoms with Crippen LogP contribution in [0, 0.1) is 6.92 Å². The summed E-state index contributed by atoms with van der Waals surface area (Å²) in [6, 6.07) is 10.1. The zero-order valence-corrected chi connectivity index (χ0v) is 12.0. The van der Waals surface area contributed by atoms with E-state index in [1.807, 2.05) is 41.8 Å². The van der Waals surface area contributed by atoms with E-state index in [4.69, 9.17) is 0 Å². The van der Waals surface area contributed by atoms with E-state index in [0.717, 1.165) is 27.3 Å². The van der Waals surface area contributed by atoms with E-state index in [1.54, 1.807) is 29.4 Å². The van der Waals surface area contributed by atoms with Gasteiger partial charge >= 0.3 is 0 Å². The molecule has 0 amide bonds. The Balaban J connectivity index is 1.77. The number of hydrogen-bond acceptors (Lipinski definition) is 5. The highest BCUT2D eigenvalue weighted by molar-refractivity contribution is 7.98. The van der Waals surface area contributed by atoms with Gasteiger partial charge in [0.15, 0.2) is 5.16 Å². The van der Waals surface area contributed by atoms with Gasteiger partial charge in [0, 0.05) is 16.8 Å². The summed E-state index contributed by atoms with van der Waals surface area (Å²) in [6.45, 7) is 2.02. The van der Waals surface area contributed by atoms with E-state index >= 15 is 0 Å². The average Bonchev–Trinajstić information content (AvgIpc) is 3.06. The maximum absolute atomic E-state index is 4.45. The first-order chi connectivity index (χ1) is 9.33. The van der Waals surface area contributed by atoms with Gasteiger partial charge in [-0.2, -0.15) is 0 Å². The van der Waals surface area contributed by atoms with E-state index in [0.29, 0.717) is 0 Å². The van der Waals surface area contributed by atoms with Gasteiger partial charge < -0.3 is 0 Å². The second-order valence-corrected chi connectivity index (χ2v) is 5.97. The monoisotopic (exact) mass is 288 g/mol. The molecular formula is C13H12N4S2. The zero-order valence-electron chi connectivity index (χ0n) is 10.4. The molecule has 0 saturated carbocycles. The van der Waals surface area contributed by atoms with E-state index in [2.05, 4.69) is 20.6 Å². The van der Waals surface area contributed by atoms with Gasteiger partial charge in [-0.05, 0) is 19.1 Å². The average molecular weight is 288 g/mol. The topological polar surface area (TPSA) is 43.6 Å². The summed E-state index contributed by atoms with van der Waals surface area (Å²) in [5.74, 6) is 0.815. The number of hydrogen-bond donors (Lipinski definition) is 0. The molecule has 0 unspecified atom stereocenters. The van der Waals surface area contributed by atoms with Crippen LogP contribution in [0.15, 0.2) is 47.2 Å². The van der Waals surface area contributed by atoms with Gasteiger partial charge in [-0.25, -0.2) is 4.98 Å². The Morgan fingerprint density at radius 3 is 2.84 bits per heavy atom. The number of aromatic nitrogens is 4. The molecule has 0 atom stereocenters. The molecule has 1 aromatic carbocycles. The second-order valence-electron chi connectivity index (χ2n) is 3.97. The van der Waals surface area contributed by atoms with Gasteiger partial charge in [0.25, 0.3) is 0 Å². The molecule has 0 aliphatic carbocycles. The third-order valence-corrected chi connectivity index (χ3v) is 4.37. The molecule has 6 heteroatoms. The molecule has 3 rings (SSSR count). The van der Waals surface area contributed by atoms with Crippen molar-refractivity contribution in [1.29, 1.82) is 0 Å². The maximum atomic E-state index is 4.45. The van der Waals surface area contributed by atoms with Crippen molar-refractivity contribution in [3.8, 4) is 5.69 Å². The van der Waals surface area contributed by atoms with Crippen LogP contribution in [-0.2, 0) is 5.75 Å². The van der Waals surface area contributed by atoms with Gasteiger partial charge in [-0.1, -0.05) is 30.0 Å². The van der Waals surface area contributed by atoms with Crippen LogP contribution in [0.4, 0.5) is 0 Å². The van der Waals surface area contributed by atoms with Crippen LogP contribution < -0.4 is 0 Å². The summed E-state index contributed by atoms with van der Waals surface area (Å²) in [5, 5.41) is 12.2. The maximum Gasteiger partial charge on any atom is 0.195 e. The van der Waals surface area contributed by atoms with Crippen LogP contribution >= 0.6 is 23.1 Å². The fraction of sp³-hybridized carbons (Fsp3) is 0.154. The highest BCUT2D eigenvalue weighted by atomic mass is 32.2. The standard InChI is InChI=1S/C13H12N4S2/c1-10-15-11(7-18-10)8-19-13-16-14-9-17(13)12-5-3-2-4-6-12/h2-7,9H,8H2,1H3. The number of nitrogens with zero attached hydrogens (tertiary/aromatic N) is 4. The molecule has 0 spiro atoms. The first-order valence-electron chi connectivity index (χ1n) is 5.82. The minimum absolute atomic E-state index is 0.815. The Morgan fingerprint density at radius 1 is 1.26 bits per heavy atom. The Morgan fingerprint density at radius 2 is 2.11 bits per heavy atom. The van der Waals surface area contributed by atoms with E-state index in [1.165, 1.54) is 0 Å². The lowest BCUT2D eigenvalue weighted by Crippen LogP contribution is -1.94. The first kappa shape index (κ1) is 12.4. The molecule has 0 aliphatic heterocycles. The second kappa shape index (κ2) is 5.54. The molecule has 0 radical (unpaired) electrons. The van der Waals surface area contributed by atoms with E-state index in [-0.39, 0.29) is 0 Å². The smallest absolute Gasteiger partial charge is 0.195 e. The van der Waals surface area contributed by atoms with Crippen LogP contribution in [0.25, 0.3) is 5.69 Å². The minimum Gasteiger partial charge on any atom is -0.277 e. The van der Waals surface area contributed by atoms with Gasteiger partial charge in [-0.3, -0.25) is 4.57 Å². The summed E-state index contributed by atoms with van der Waals surface area (Å²) in [5.41, 5.74) is 2.17. The Labute approximate surface area is 119 Å². The summed E-state index contributed by atoms with van der Waals surface area (Å²) in [7, 11) is 0. The quantitative estimate of drug-likeness (QED) is 0.691.